The lowest BCUT2D eigenvalue weighted by Gasteiger charge is -2.39. The smallest absolute Gasteiger partial charge is 0.289 e. The minimum Gasteiger partial charge on any atom is -0.459 e. The van der Waals surface area contributed by atoms with Crippen molar-refractivity contribution in [1.82, 2.24) is 30.0 Å². The van der Waals surface area contributed by atoms with E-state index in [2.05, 4.69) is 34.3 Å². The Kier molecular flexibility index (Phi) is 6.57. The van der Waals surface area contributed by atoms with Crippen molar-refractivity contribution in [2.75, 3.05) is 39.9 Å². The summed E-state index contributed by atoms with van der Waals surface area (Å²) in [6, 6.07) is 3.57. The van der Waals surface area contributed by atoms with E-state index in [-0.39, 0.29) is 11.9 Å². The van der Waals surface area contributed by atoms with Crippen LogP contribution in [0.5, 0.6) is 0 Å². The van der Waals surface area contributed by atoms with E-state index < -0.39 is 0 Å². The van der Waals surface area contributed by atoms with E-state index in [0.717, 1.165) is 25.3 Å². The van der Waals surface area contributed by atoms with Gasteiger partial charge in [0.1, 0.15) is 0 Å². The first-order valence-corrected chi connectivity index (χ1v) is 9.42. The fourth-order valence-corrected chi connectivity index (χ4v) is 3.44. The zero-order valence-electron chi connectivity index (χ0n) is 16.2. The van der Waals surface area contributed by atoms with Crippen molar-refractivity contribution in [3.63, 3.8) is 0 Å². The van der Waals surface area contributed by atoms with Crippen LogP contribution in [0.15, 0.2) is 22.8 Å². The Morgan fingerprint density at radius 1 is 1.30 bits per heavy atom. The molecule has 1 fully saturated rings. The molecule has 148 valence electrons. The van der Waals surface area contributed by atoms with Crippen LogP contribution in [0.3, 0.4) is 0 Å². The lowest BCUT2D eigenvalue weighted by molar-refractivity contribution is 0.0497. The third-order valence-corrected chi connectivity index (χ3v) is 4.83. The molecule has 1 amide bonds. The molecule has 0 radical (unpaired) electrons. The number of ether oxygens (including phenoxy) is 1. The number of tetrazole rings is 1. The third-order valence-electron chi connectivity index (χ3n) is 4.83. The second kappa shape index (κ2) is 9.09. The maximum atomic E-state index is 12.5. The molecule has 9 heteroatoms. The molecule has 0 aromatic carbocycles. The Labute approximate surface area is 159 Å². The number of hydrogen-bond acceptors (Lipinski definition) is 7. The van der Waals surface area contributed by atoms with Crippen molar-refractivity contribution in [1.29, 1.82) is 0 Å². The Balaban J connectivity index is 1.68. The Morgan fingerprint density at radius 2 is 2.07 bits per heavy atom. The predicted octanol–water partition coefficient (Wildman–Crippen LogP) is 1.46. The van der Waals surface area contributed by atoms with Crippen molar-refractivity contribution in [3.05, 3.63) is 30.0 Å². The summed E-state index contributed by atoms with van der Waals surface area (Å²) >= 11 is 0. The quantitative estimate of drug-likeness (QED) is 0.689. The summed E-state index contributed by atoms with van der Waals surface area (Å²) in [5.74, 6) is 1.72. The average molecular weight is 376 g/mol. The molecule has 1 saturated heterocycles. The number of amides is 1. The highest BCUT2D eigenvalue weighted by atomic mass is 16.5. The van der Waals surface area contributed by atoms with Gasteiger partial charge in [-0.2, -0.15) is 0 Å². The number of furan rings is 1. The molecule has 0 unspecified atom stereocenters. The maximum Gasteiger partial charge on any atom is 0.289 e. The van der Waals surface area contributed by atoms with E-state index in [1.165, 1.54) is 6.26 Å². The number of methoxy groups -OCH3 is 1. The largest absolute Gasteiger partial charge is 0.459 e. The molecule has 1 aliphatic rings. The molecule has 0 bridgehead atoms. The van der Waals surface area contributed by atoms with Gasteiger partial charge in [0.15, 0.2) is 11.6 Å². The number of rotatable bonds is 8. The first kappa shape index (κ1) is 19.5. The van der Waals surface area contributed by atoms with Gasteiger partial charge in [0.2, 0.25) is 0 Å². The standard InChI is InChI=1S/C18H28N6O3/c1-14(2)13-15(17-19-20-21-24(17)10-12-26-3)22-6-8-23(9-7-22)18(25)16-5-4-11-27-16/h4-5,11,14-15H,6-10,12-13H2,1-3H3/t15-/m1/s1. The summed E-state index contributed by atoms with van der Waals surface area (Å²) in [5.41, 5.74) is 0. The summed E-state index contributed by atoms with van der Waals surface area (Å²) in [7, 11) is 1.67. The fourth-order valence-electron chi connectivity index (χ4n) is 3.44. The first-order valence-electron chi connectivity index (χ1n) is 9.42. The monoisotopic (exact) mass is 376 g/mol. The van der Waals surface area contributed by atoms with Crippen molar-refractivity contribution >= 4 is 5.91 Å². The number of carbonyl (C=O) groups excluding carboxylic acids is 1. The average Bonchev–Trinajstić information content (AvgIpc) is 3.35. The first-order chi connectivity index (χ1) is 13.1. The van der Waals surface area contributed by atoms with Gasteiger partial charge in [-0.3, -0.25) is 9.69 Å². The maximum absolute atomic E-state index is 12.5. The molecular formula is C18H28N6O3. The highest BCUT2D eigenvalue weighted by Crippen LogP contribution is 2.27. The van der Waals surface area contributed by atoms with Crippen LogP contribution in [0.4, 0.5) is 0 Å². The summed E-state index contributed by atoms with van der Waals surface area (Å²) < 4.78 is 12.2. The predicted molar refractivity (Wildman–Crippen MR) is 98.1 cm³/mol. The van der Waals surface area contributed by atoms with E-state index in [1.807, 2.05) is 9.58 Å². The molecule has 0 saturated carbocycles. The van der Waals surface area contributed by atoms with Crippen molar-refractivity contribution in [2.24, 2.45) is 5.92 Å². The Morgan fingerprint density at radius 3 is 2.70 bits per heavy atom. The molecule has 3 rings (SSSR count). The molecule has 2 aromatic rings. The summed E-state index contributed by atoms with van der Waals surface area (Å²) in [6.45, 7) is 8.48. The van der Waals surface area contributed by atoms with E-state index in [4.69, 9.17) is 9.15 Å². The number of carbonyl (C=O) groups is 1. The normalized spacial score (nSPS) is 16.8. The molecule has 0 N–H and O–H groups in total. The van der Waals surface area contributed by atoms with Crippen LogP contribution in [0.25, 0.3) is 0 Å². The van der Waals surface area contributed by atoms with E-state index in [1.54, 1.807) is 19.2 Å². The Bertz CT molecular complexity index is 707. The highest BCUT2D eigenvalue weighted by molar-refractivity contribution is 5.91. The molecular weight excluding hydrogens is 348 g/mol. The SMILES string of the molecule is COCCn1nnnc1[C@@H](CC(C)C)N1CCN(C(=O)c2ccco2)CC1. The summed E-state index contributed by atoms with van der Waals surface area (Å²) in [6.07, 6.45) is 2.49. The number of aromatic nitrogens is 4. The van der Waals surface area contributed by atoms with Gasteiger partial charge in [-0.05, 0) is 34.9 Å². The highest BCUT2D eigenvalue weighted by Gasteiger charge is 2.31. The second-order valence-corrected chi connectivity index (χ2v) is 7.20. The molecule has 27 heavy (non-hydrogen) atoms. The van der Waals surface area contributed by atoms with Crippen molar-refractivity contribution in [2.45, 2.75) is 32.9 Å². The zero-order chi connectivity index (χ0) is 19.2. The topological polar surface area (TPSA) is 89.5 Å². The van der Waals surface area contributed by atoms with Gasteiger partial charge in [0.25, 0.3) is 5.91 Å². The van der Waals surface area contributed by atoms with Crippen LogP contribution in [0, 0.1) is 5.92 Å². The van der Waals surface area contributed by atoms with Crippen LogP contribution < -0.4 is 0 Å². The van der Waals surface area contributed by atoms with E-state index in [9.17, 15) is 4.79 Å². The minimum absolute atomic E-state index is 0.0509. The zero-order valence-corrected chi connectivity index (χ0v) is 16.2. The summed E-state index contributed by atoms with van der Waals surface area (Å²) in [4.78, 5) is 16.7. The lowest BCUT2D eigenvalue weighted by atomic mass is 10.0. The molecule has 3 heterocycles. The molecule has 9 nitrogen and oxygen atoms in total. The van der Waals surface area contributed by atoms with Gasteiger partial charge in [-0.25, -0.2) is 4.68 Å². The number of piperazine rings is 1. The van der Waals surface area contributed by atoms with Gasteiger partial charge < -0.3 is 14.1 Å². The fraction of sp³-hybridized carbons (Fsp3) is 0.667. The van der Waals surface area contributed by atoms with Gasteiger partial charge >= 0.3 is 0 Å². The van der Waals surface area contributed by atoms with Crippen molar-refractivity contribution < 1.29 is 13.9 Å². The van der Waals surface area contributed by atoms with E-state index >= 15 is 0 Å². The third kappa shape index (κ3) is 4.72. The van der Waals surface area contributed by atoms with Gasteiger partial charge in [0, 0.05) is 33.3 Å². The minimum atomic E-state index is -0.0509. The molecule has 1 aliphatic heterocycles. The molecule has 2 aromatic heterocycles. The van der Waals surface area contributed by atoms with Crippen LogP contribution in [-0.4, -0.2) is 75.8 Å². The van der Waals surface area contributed by atoms with Crippen LogP contribution in [-0.2, 0) is 11.3 Å². The van der Waals surface area contributed by atoms with Gasteiger partial charge in [-0.1, -0.05) is 13.8 Å². The molecule has 0 aliphatic carbocycles. The Hall–Kier alpha value is -2.26. The number of nitrogens with zero attached hydrogens (tertiary/aromatic N) is 6. The number of hydrogen-bond donors (Lipinski definition) is 0. The van der Waals surface area contributed by atoms with Crippen LogP contribution in [0.1, 0.15) is 42.7 Å². The molecule has 1 atom stereocenters. The summed E-state index contributed by atoms with van der Waals surface area (Å²) in [5, 5.41) is 12.3. The van der Waals surface area contributed by atoms with Gasteiger partial charge in [-0.15, -0.1) is 5.10 Å². The van der Waals surface area contributed by atoms with Crippen molar-refractivity contribution in [3.8, 4) is 0 Å². The lowest BCUT2D eigenvalue weighted by Crippen LogP contribution is -2.50. The van der Waals surface area contributed by atoms with Gasteiger partial charge in [0.05, 0.1) is 25.5 Å². The molecule has 0 spiro atoms. The van der Waals surface area contributed by atoms with Crippen LogP contribution >= 0.6 is 0 Å². The second-order valence-electron chi connectivity index (χ2n) is 7.20. The van der Waals surface area contributed by atoms with E-state index in [0.29, 0.717) is 37.9 Å². The van der Waals surface area contributed by atoms with Crippen LogP contribution in [0.2, 0.25) is 0 Å².